The van der Waals surface area contributed by atoms with E-state index in [-0.39, 0.29) is 23.8 Å². The first kappa shape index (κ1) is 14.0. The fraction of sp³-hybridized carbons (Fsp3) is 0.462. The Hall–Kier alpha value is -1.03. The molecule has 0 saturated carbocycles. The number of hydrogen-bond donors (Lipinski definition) is 0. The number of unbranched alkanes of at least 4 members (excludes halogenated alkanes) is 1. The van der Waals surface area contributed by atoms with Crippen molar-refractivity contribution in [3.63, 3.8) is 0 Å². The number of halogens is 1. The van der Waals surface area contributed by atoms with Gasteiger partial charge in [0.05, 0.1) is 5.75 Å². The van der Waals surface area contributed by atoms with Gasteiger partial charge >= 0.3 is 0 Å². The lowest BCUT2D eigenvalue weighted by Crippen LogP contribution is -2.15. The second kappa shape index (κ2) is 7.33. The number of carbonyl (C=O) groups excluding carboxylic acids is 1. The van der Waals surface area contributed by atoms with Crippen LogP contribution in [0.4, 0.5) is 4.39 Å². The third-order valence-corrected chi connectivity index (χ3v) is 3.78. The van der Waals surface area contributed by atoms with Gasteiger partial charge in [0.25, 0.3) is 0 Å². The molecule has 0 aliphatic rings. The predicted octanol–water partition coefficient (Wildman–Crippen LogP) is 2.49. The van der Waals surface area contributed by atoms with Crippen LogP contribution in [0, 0.1) is 5.82 Å². The lowest BCUT2D eigenvalue weighted by Gasteiger charge is -2.03. The van der Waals surface area contributed by atoms with Crippen LogP contribution in [0.1, 0.15) is 25.3 Å². The highest BCUT2D eigenvalue weighted by Crippen LogP contribution is 2.07. The van der Waals surface area contributed by atoms with Gasteiger partial charge in [-0.3, -0.25) is 9.00 Å². The van der Waals surface area contributed by atoms with Gasteiger partial charge in [-0.2, -0.15) is 0 Å². The van der Waals surface area contributed by atoms with Gasteiger partial charge in [-0.05, 0) is 18.1 Å². The van der Waals surface area contributed by atoms with Crippen LogP contribution in [-0.4, -0.2) is 21.5 Å². The maximum Gasteiger partial charge on any atom is 0.149 e. The van der Waals surface area contributed by atoms with Crippen LogP contribution >= 0.6 is 0 Å². The van der Waals surface area contributed by atoms with E-state index in [9.17, 15) is 13.4 Å². The molecule has 0 N–H and O–H groups in total. The van der Waals surface area contributed by atoms with E-state index in [2.05, 4.69) is 0 Å². The van der Waals surface area contributed by atoms with Crippen molar-refractivity contribution in [3.8, 4) is 0 Å². The lowest BCUT2D eigenvalue weighted by molar-refractivity contribution is -0.116. The minimum absolute atomic E-state index is 0.0323. The SMILES string of the molecule is CCCCS(=O)CC(=O)Cc1ccccc1F. The summed E-state index contributed by atoms with van der Waals surface area (Å²) in [6.45, 7) is 2.01. The van der Waals surface area contributed by atoms with Gasteiger partial charge in [0.1, 0.15) is 11.6 Å². The molecule has 0 bridgehead atoms. The highest BCUT2D eigenvalue weighted by Gasteiger charge is 2.10. The topological polar surface area (TPSA) is 34.1 Å². The summed E-state index contributed by atoms with van der Waals surface area (Å²) in [5, 5.41) is 0. The monoisotopic (exact) mass is 256 g/mol. The Morgan fingerprint density at radius 2 is 2.06 bits per heavy atom. The summed E-state index contributed by atoms with van der Waals surface area (Å²) in [6.07, 6.45) is 1.86. The van der Waals surface area contributed by atoms with Gasteiger partial charge < -0.3 is 0 Å². The number of hydrogen-bond acceptors (Lipinski definition) is 2. The van der Waals surface area contributed by atoms with Crippen molar-refractivity contribution < 1.29 is 13.4 Å². The molecule has 0 heterocycles. The van der Waals surface area contributed by atoms with Gasteiger partial charge in [0.2, 0.25) is 0 Å². The standard InChI is InChI=1S/C13H17FO2S/c1-2-3-8-17(16)10-12(15)9-11-6-4-5-7-13(11)14/h4-7H,2-3,8-10H2,1H3. The Labute approximate surface area is 104 Å². The fourth-order valence-corrected chi connectivity index (χ4v) is 2.68. The summed E-state index contributed by atoms with van der Waals surface area (Å²) in [6, 6.07) is 6.20. The Morgan fingerprint density at radius 1 is 1.35 bits per heavy atom. The molecular formula is C13H17FO2S. The molecule has 17 heavy (non-hydrogen) atoms. The zero-order valence-corrected chi connectivity index (χ0v) is 10.8. The second-order valence-corrected chi connectivity index (χ2v) is 5.53. The molecule has 1 unspecified atom stereocenters. The van der Waals surface area contributed by atoms with E-state index < -0.39 is 10.8 Å². The molecule has 94 valence electrons. The molecule has 1 aromatic rings. The van der Waals surface area contributed by atoms with Gasteiger partial charge in [0, 0.05) is 23.0 Å². The lowest BCUT2D eigenvalue weighted by atomic mass is 10.1. The molecule has 0 aromatic heterocycles. The second-order valence-electron chi connectivity index (χ2n) is 3.95. The van der Waals surface area contributed by atoms with Crippen molar-refractivity contribution in [2.45, 2.75) is 26.2 Å². The maximum absolute atomic E-state index is 13.3. The Kier molecular flexibility index (Phi) is 6.05. The van der Waals surface area contributed by atoms with Crippen LogP contribution in [0.5, 0.6) is 0 Å². The number of carbonyl (C=O) groups is 1. The molecule has 0 saturated heterocycles. The van der Waals surface area contributed by atoms with Crippen molar-refractivity contribution in [1.29, 1.82) is 0 Å². The average Bonchev–Trinajstić information content (AvgIpc) is 2.29. The van der Waals surface area contributed by atoms with Gasteiger partial charge in [-0.1, -0.05) is 31.5 Å². The summed E-state index contributed by atoms with van der Waals surface area (Å²) in [5.74, 6) is 0.0538. The number of benzene rings is 1. The van der Waals surface area contributed by atoms with Crippen LogP contribution in [-0.2, 0) is 22.0 Å². The molecule has 1 rings (SSSR count). The molecule has 0 aliphatic carbocycles. The van der Waals surface area contributed by atoms with Crippen LogP contribution in [0.25, 0.3) is 0 Å². The summed E-state index contributed by atoms with van der Waals surface area (Å²) in [5.41, 5.74) is 0.380. The van der Waals surface area contributed by atoms with E-state index in [1.54, 1.807) is 18.2 Å². The van der Waals surface area contributed by atoms with E-state index in [0.717, 1.165) is 12.8 Å². The Balaban J connectivity index is 2.45. The van der Waals surface area contributed by atoms with E-state index in [4.69, 9.17) is 0 Å². The predicted molar refractivity (Wildman–Crippen MR) is 67.9 cm³/mol. The highest BCUT2D eigenvalue weighted by atomic mass is 32.2. The largest absolute Gasteiger partial charge is 0.298 e. The van der Waals surface area contributed by atoms with Crippen molar-refractivity contribution in [2.75, 3.05) is 11.5 Å². The van der Waals surface area contributed by atoms with E-state index in [1.807, 2.05) is 6.92 Å². The molecule has 1 aromatic carbocycles. The highest BCUT2D eigenvalue weighted by molar-refractivity contribution is 7.85. The fourth-order valence-electron chi connectivity index (χ4n) is 1.46. The van der Waals surface area contributed by atoms with Gasteiger partial charge in [0.15, 0.2) is 0 Å². The van der Waals surface area contributed by atoms with Crippen LogP contribution in [0.3, 0.4) is 0 Å². The Morgan fingerprint density at radius 3 is 2.71 bits per heavy atom. The van der Waals surface area contributed by atoms with E-state index in [1.165, 1.54) is 6.07 Å². The first-order valence-electron chi connectivity index (χ1n) is 5.73. The molecule has 4 heteroatoms. The maximum atomic E-state index is 13.3. The number of rotatable bonds is 7. The van der Waals surface area contributed by atoms with Crippen LogP contribution in [0.2, 0.25) is 0 Å². The van der Waals surface area contributed by atoms with Crippen LogP contribution < -0.4 is 0 Å². The molecule has 0 aliphatic heterocycles. The molecule has 0 fully saturated rings. The van der Waals surface area contributed by atoms with E-state index >= 15 is 0 Å². The smallest absolute Gasteiger partial charge is 0.149 e. The zero-order valence-electron chi connectivity index (χ0n) is 9.95. The minimum atomic E-state index is -1.10. The number of ketones is 1. The minimum Gasteiger partial charge on any atom is -0.298 e. The van der Waals surface area contributed by atoms with Crippen molar-refractivity contribution in [1.82, 2.24) is 0 Å². The summed E-state index contributed by atoms with van der Waals surface area (Å²) in [7, 11) is -1.10. The summed E-state index contributed by atoms with van der Waals surface area (Å²) < 4.78 is 24.7. The molecule has 1 atom stereocenters. The van der Waals surface area contributed by atoms with E-state index in [0.29, 0.717) is 11.3 Å². The molecule has 0 spiro atoms. The molecule has 0 amide bonds. The molecular weight excluding hydrogens is 239 g/mol. The Bertz CT molecular complexity index is 404. The van der Waals surface area contributed by atoms with Gasteiger partial charge in [-0.15, -0.1) is 0 Å². The van der Waals surface area contributed by atoms with Crippen molar-refractivity contribution >= 4 is 16.6 Å². The van der Waals surface area contributed by atoms with Crippen molar-refractivity contribution in [3.05, 3.63) is 35.6 Å². The first-order valence-corrected chi connectivity index (χ1v) is 7.22. The molecule has 2 nitrogen and oxygen atoms in total. The quantitative estimate of drug-likeness (QED) is 0.751. The average molecular weight is 256 g/mol. The molecule has 0 radical (unpaired) electrons. The normalized spacial score (nSPS) is 12.4. The summed E-state index contributed by atoms with van der Waals surface area (Å²) in [4.78, 5) is 11.6. The summed E-state index contributed by atoms with van der Waals surface area (Å²) >= 11 is 0. The third-order valence-electron chi connectivity index (χ3n) is 2.39. The van der Waals surface area contributed by atoms with Crippen LogP contribution in [0.15, 0.2) is 24.3 Å². The first-order chi connectivity index (χ1) is 8.13. The van der Waals surface area contributed by atoms with Crippen molar-refractivity contribution in [2.24, 2.45) is 0 Å². The third kappa shape index (κ3) is 5.22. The zero-order chi connectivity index (χ0) is 12.7. The van der Waals surface area contributed by atoms with Gasteiger partial charge in [-0.25, -0.2) is 4.39 Å². The number of Topliss-reactive ketones (excluding diaryl/α,β-unsaturated/α-hetero) is 1.